The van der Waals surface area contributed by atoms with Crippen LogP contribution in [0.15, 0.2) is 30.5 Å². The third-order valence-electron chi connectivity index (χ3n) is 2.07. The minimum absolute atomic E-state index is 0.546. The smallest absolute Gasteiger partial charge is 0.0506 e. The van der Waals surface area contributed by atoms with Gasteiger partial charge in [-0.3, -0.25) is 0 Å². The summed E-state index contributed by atoms with van der Waals surface area (Å²) >= 11 is 0. The molecule has 3 nitrogen and oxygen atoms in total. The van der Waals surface area contributed by atoms with Crippen LogP contribution < -0.4 is 0 Å². The van der Waals surface area contributed by atoms with Crippen molar-refractivity contribution in [2.24, 2.45) is 0 Å². The molecule has 0 aliphatic heterocycles. The lowest BCUT2D eigenvalue weighted by atomic mass is 10.2. The van der Waals surface area contributed by atoms with Gasteiger partial charge in [0.15, 0.2) is 0 Å². The first-order chi connectivity index (χ1) is 6.27. The van der Waals surface area contributed by atoms with Gasteiger partial charge in [-0.05, 0) is 11.6 Å². The maximum Gasteiger partial charge on any atom is 0.0506 e. The number of hydroxylamine groups is 2. The van der Waals surface area contributed by atoms with Crippen LogP contribution in [0.1, 0.15) is 5.56 Å². The van der Waals surface area contributed by atoms with E-state index in [1.165, 1.54) is 10.4 Å². The molecule has 1 aromatic heterocycles. The van der Waals surface area contributed by atoms with Gasteiger partial charge in [0, 0.05) is 24.1 Å². The molecule has 1 heterocycles. The topological polar surface area (TPSA) is 39.3 Å². The van der Waals surface area contributed by atoms with Gasteiger partial charge in [-0.1, -0.05) is 18.2 Å². The molecule has 2 rings (SSSR count). The molecule has 0 aliphatic carbocycles. The van der Waals surface area contributed by atoms with Crippen LogP contribution in [0.2, 0.25) is 0 Å². The van der Waals surface area contributed by atoms with Crippen LogP contribution in [0, 0.1) is 0 Å². The monoisotopic (exact) mass is 176 g/mol. The lowest BCUT2D eigenvalue weighted by Gasteiger charge is -2.05. The fourth-order valence-corrected chi connectivity index (χ4v) is 1.51. The molecule has 0 radical (unpaired) electrons. The number of H-pyrrole nitrogens is 1. The Morgan fingerprint density at radius 3 is 2.92 bits per heavy atom. The van der Waals surface area contributed by atoms with Crippen molar-refractivity contribution >= 4 is 10.9 Å². The van der Waals surface area contributed by atoms with Crippen molar-refractivity contribution in [3.05, 3.63) is 36.0 Å². The highest BCUT2D eigenvalue weighted by Gasteiger charge is 2.03. The largest absolute Gasteiger partial charge is 0.361 e. The van der Waals surface area contributed by atoms with Gasteiger partial charge in [0.1, 0.15) is 0 Å². The number of fused-ring (bicyclic) bond motifs is 1. The zero-order valence-electron chi connectivity index (χ0n) is 7.49. The zero-order chi connectivity index (χ0) is 9.26. The molecule has 0 saturated heterocycles. The molecule has 0 amide bonds. The maximum atomic E-state index is 9.10. The van der Waals surface area contributed by atoms with Gasteiger partial charge in [0.25, 0.3) is 0 Å². The standard InChI is InChI=1S/C10H12N2O/c1-12(13)7-8-6-11-10-5-3-2-4-9(8)10/h2-6,11,13H,7H2,1H3. The minimum atomic E-state index is 0.546. The van der Waals surface area contributed by atoms with E-state index < -0.39 is 0 Å². The van der Waals surface area contributed by atoms with Gasteiger partial charge in [0.2, 0.25) is 0 Å². The summed E-state index contributed by atoms with van der Waals surface area (Å²) in [6.45, 7) is 0.546. The highest BCUT2D eigenvalue weighted by atomic mass is 16.5. The molecular formula is C10H12N2O. The summed E-state index contributed by atoms with van der Waals surface area (Å²) in [5.74, 6) is 0. The fourth-order valence-electron chi connectivity index (χ4n) is 1.51. The molecular weight excluding hydrogens is 164 g/mol. The highest BCUT2D eigenvalue weighted by molar-refractivity contribution is 5.82. The summed E-state index contributed by atoms with van der Waals surface area (Å²) < 4.78 is 0. The Bertz CT molecular complexity index is 406. The van der Waals surface area contributed by atoms with Crippen molar-refractivity contribution in [2.45, 2.75) is 6.54 Å². The molecule has 13 heavy (non-hydrogen) atoms. The summed E-state index contributed by atoms with van der Waals surface area (Å²) in [5, 5.41) is 11.4. The van der Waals surface area contributed by atoms with Crippen LogP contribution in [0.25, 0.3) is 10.9 Å². The maximum absolute atomic E-state index is 9.10. The molecule has 0 unspecified atom stereocenters. The van der Waals surface area contributed by atoms with Gasteiger partial charge in [0.05, 0.1) is 6.54 Å². The average molecular weight is 176 g/mol. The summed E-state index contributed by atoms with van der Waals surface area (Å²) in [5.41, 5.74) is 2.22. The third-order valence-corrected chi connectivity index (χ3v) is 2.07. The predicted octanol–water partition coefficient (Wildman–Crippen LogP) is 1.99. The molecule has 0 spiro atoms. The van der Waals surface area contributed by atoms with Gasteiger partial charge in [-0.25, -0.2) is 0 Å². The fraction of sp³-hybridized carbons (Fsp3) is 0.200. The number of rotatable bonds is 2. The van der Waals surface area contributed by atoms with E-state index in [1.807, 2.05) is 30.5 Å². The molecule has 68 valence electrons. The number of hydrogen-bond acceptors (Lipinski definition) is 2. The van der Waals surface area contributed by atoms with E-state index in [-0.39, 0.29) is 0 Å². The quantitative estimate of drug-likeness (QED) is 0.687. The summed E-state index contributed by atoms with van der Waals surface area (Å²) in [6.07, 6.45) is 1.93. The highest BCUT2D eigenvalue weighted by Crippen LogP contribution is 2.18. The van der Waals surface area contributed by atoms with Crippen molar-refractivity contribution in [3.8, 4) is 0 Å². The van der Waals surface area contributed by atoms with Gasteiger partial charge in [-0.15, -0.1) is 0 Å². The van der Waals surface area contributed by atoms with E-state index in [2.05, 4.69) is 4.98 Å². The summed E-state index contributed by atoms with van der Waals surface area (Å²) in [6, 6.07) is 8.06. The van der Waals surface area contributed by atoms with Crippen molar-refractivity contribution in [3.63, 3.8) is 0 Å². The molecule has 3 heteroatoms. The molecule has 0 saturated carbocycles. The average Bonchev–Trinajstić information content (AvgIpc) is 2.48. The summed E-state index contributed by atoms with van der Waals surface area (Å²) in [4.78, 5) is 3.16. The minimum Gasteiger partial charge on any atom is -0.361 e. The Hall–Kier alpha value is -1.32. The number of benzene rings is 1. The first-order valence-corrected chi connectivity index (χ1v) is 4.22. The zero-order valence-corrected chi connectivity index (χ0v) is 7.49. The Balaban J connectivity index is 2.46. The second kappa shape index (κ2) is 3.20. The number of nitrogens with one attached hydrogen (secondary N) is 1. The van der Waals surface area contributed by atoms with E-state index in [4.69, 9.17) is 5.21 Å². The number of aromatic nitrogens is 1. The van der Waals surface area contributed by atoms with Crippen LogP contribution in [0.3, 0.4) is 0 Å². The van der Waals surface area contributed by atoms with Crippen LogP contribution in [-0.2, 0) is 6.54 Å². The second-order valence-electron chi connectivity index (χ2n) is 3.18. The van der Waals surface area contributed by atoms with Crippen molar-refractivity contribution in [2.75, 3.05) is 7.05 Å². The Morgan fingerprint density at radius 1 is 1.38 bits per heavy atom. The van der Waals surface area contributed by atoms with Crippen molar-refractivity contribution in [1.82, 2.24) is 10.0 Å². The number of hydrogen-bond donors (Lipinski definition) is 2. The summed E-state index contributed by atoms with van der Waals surface area (Å²) in [7, 11) is 1.64. The van der Waals surface area contributed by atoms with Gasteiger partial charge in [-0.2, -0.15) is 5.06 Å². The molecule has 1 aromatic carbocycles. The predicted molar refractivity (Wildman–Crippen MR) is 51.6 cm³/mol. The molecule has 0 aliphatic rings. The number of nitrogens with zero attached hydrogens (tertiary/aromatic N) is 1. The number of para-hydroxylation sites is 1. The first-order valence-electron chi connectivity index (χ1n) is 4.22. The lowest BCUT2D eigenvalue weighted by molar-refractivity contribution is -0.0728. The van der Waals surface area contributed by atoms with E-state index in [0.29, 0.717) is 6.54 Å². The van der Waals surface area contributed by atoms with Crippen LogP contribution >= 0.6 is 0 Å². The normalized spacial score (nSPS) is 11.3. The number of aromatic amines is 1. The van der Waals surface area contributed by atoms with E-state index in [9.17, 15) is 0 Å². The van der Waals surface area contributed by atoms with Crippen LogP contribution in [0.4, 0.5) is 0 Å². The van der Waals surface area contributed by atoms with Crippen molar-refractivity contribution in [1.29, 1.82) is 0 Å². The van der Waals surface area contributed by atoms with Gasteiger partial charge >= 0.3 is 0 Å². The van der Waals surface area contributed by atoms with E-state index in [1.54, 1.807) is 7.05 Å². The second-order valence-corrected chi connectivity index (χ2v) is 3.18. The van der Waals surface area contributed by atoms with Crippen molar-refractivity contribution < 1.29 is 5.21 Å². The molecule has 0 fully saturated rings. The first kappa shape index (κ1) is 8.29. The Kier molecular flexibility index (Phi) is 2.04. The Morgan fingerprint density at radius 2 is 2.15 bits per heavy atom. The van der Waals surface area contributed by atoms with Crippen LogP contribution in [-0.4, -0.2) is 22.3 Å². The van der Waals surface area contributed by atoms with E-state index in [0.717, 1.165) is 11.1 Å². The van der Waals surface area contributed by atoms with Crippen LogP contribution in [0.5, 0.6) is 0 Å². The molecule has 2 N–H and O–H groups in total. The lowest BCUT2D eigenvalue weighted by Crippen LogP contribution is -2.10. The Labute approximate surface area is 76.6 Å². The molecule has 2 aromatic rings. The molecule has 0 bridgehead atoms. The molecule has 0 atom stereocenters. The third kappa shape index (κ3) is 1.56. The van der Waals surface area contributed by atoms with Gasteiger partial charge < -0.3 is 10.2 Å². The SMILES string of the molecule is CN(O)Cc1c[nH]c2ccccc12. The van der Waals surface area contributed by atoms with E-state index >= 15 is 0 Å².